The molecule has 0 bridgehead atoms. The minimum atomic E-state index is -4.27. The van der Waals surface area contributed by atoms with Gasteiger partial charge in [-0.05, 0) is 18.1 Å². The normalized spacial score (nSPS) is 14.1. The average Bonchev–Trinajstić information content (AvgIpc) is 1.96. The minimum absolute atomic E-state index is 0.0102. The zero-order valence-corrected chi connectivity index (χ0v) is 8.51. The highest BCUT2D eigenvalue weighted by Gasteiger charge is 2.41. The van der Waals surface area contributed by atoms with Crippen LogP contribution in [0.15, 0.2) is 0 Å². The van der Waals surface area contributed by atoms with E-state index in [9.17, 15) is 13.2 Å². The summed E-state index contributed by atoms with van der Waals surface area (Å²) in [5.41, 5.74) is 0. The number of halogens is 3. The van der Waals surface area contributed by atoms with Crippen LogP contribution in [0.4, 0.5) is 13.2 Å². The van der Waals surface area contributed by atoms with E-state index in [0.717, 1.165) is 0 Å². The van der Waals surface area contributed by atoms with Gasteiger partial charge in [-0.1, -0.05) is 13.8 Å². The number of rotatable bonds is 2. The van der Waals surface area contributed by atoms with E-state index in [4.69, 9.17) is 0 Å². The number of alkyl halides is 3. The molecule has 0 unspecified atom stereocenters. The van der Waals surface area contributed by atoms with Crippen molar-refractivity contribution >= 4 is 17.3 Å². The van der Waals surface area contributed by atoms with Crippen LogP contribution in [0.3, 0.4) is 0 Å². The Kier molecular flexibility index (Phi) is 4.46. The highest BCUT2D eigenvalue weighted by molar-refractivity contribution is 7.80. The van der Waals surface area contributed by atoms with Gasteiger partial charge in [0, 0.05) is 7.05 Å². The van der Waals surface area contributed by atoms with E-state index in [1.165, 1.54) is 20.9 Å². The van der Waals surface area contributed by atoms with Crippen molar-refractivity contribution in [3.05, 3.63) is 0 Å². The maximum absolute atomic E-state index is 12.3. The van der Waals surface area contributed by atoms with Gasteiger partial charge >= 0.3 is 6.18 Å². The molecule has 0 aliphatic rings. The SMILES string of the molecule is CNC(=S)N[C@@H](C(C)C)C(F)(F)F. The Morgan fingerprint density at radius 3 is 2.00 bits per heavy atom. The molecule has 78 valence electrons. The Bertz CT molecular complexity index is 179. The second-order valence-electron chi connectivity index (χ2n) is 2.99. The molecule has 0 rings (SSSR count). The van der Waals surface area contributed by atoms with Gasteiger partial charge in [0.25, 0.3) is 0 Å². The Labute approximate surface area is 80.9 Å². The highest BCUT2D eigenvalue weighted by atomic mass is 32.1. The van der Waals surface area contributed by atoms with Gasteiger partial charge < -0.3 is 10.6 Å². The first-order valence-corrected chi connectivity index (χ1v) is 4.24. The molecule has 2 N–H and O–H groups in total. The maximum Gasteiger partial charge on any atom is 0.408 e. The third kappa shape index (κ3) is 4.31. The molecular formula is C7H13F3N2S. The predicted octanol–water partition coefficient (Wildman–Crippen LogP) is 1.67. The van der Waals surface area contributed by atoms with Crippen LogP contribution in [0.5, 0.6) is 0 Å². The first-order chi connectivity index (χ1) is 5.79. The summed E-state index contributed by atoms with van der Waals surface area (Å²) in [4.78, 5) is 0. The van der Waals surface area contributed by atoms with Crippen LogP contribution in [-0.2, 0) is 0 Å². The molecule has 6 heteroatoms. The largest absolute Gasteiger partial charge is 0.408 e. The first-order valence-electron chi connectivity index (χ1n) is 3.84. The second kappa shape index (κ2) is 4.64. The minimum Gasteiger partial charge on any atom is -0.366 e. The van der Waals surface area contributed by atoms with E-state index in [1.807, 2.05) is 0 Å². The van der Waals surface area contributed by atoms with Crippen LogP contribution < -0.4 is 10.6 Å². The van der Waals surface area contributed by atoms with Gasteiger partial charge in [-0.15, -0.1) is 0 Å². The Hall–Kier alpha value is -0.520. The van der Waals surface area contributed by atoms with Gasteiger partial charge in [-0.2, -0.15) is 13.2 Å². The summed E-state index contributed by atoms with van der Waals surface area (Å²) in [6, 6.07) is -1.59. The molecule has 13 heavy (non-hydrogen) atoms. The molecule has 2 nitrogen and oxygen atoms in total. The fourth-order valence-electron chi connectivity index (χ4n) is 0.840. The van der Waals surface area contributed by atoms with E-state index in [1.54, 1.807) is 0 Å². The third-order valence-electron chi connectivity index (χ3n) is 1.53. The van der Waals surface area contributed by atoms with Gasteiger partial charge in [0.1, 0.15) is 6.04 Å². The van der Waals surface area contributed by atoms with E-state index in [2.05, 4.69) is 22.9 Å². The number of thiocarbonyl (C=S) groups is 1. The Morgan fingerprint density at radius 2 is 1.77 bits per heavy atom. The van der Waals surface area contributed by atoms with Crippen molar-refractivity contribution in [1.82, 2.24) is 10.6 Å². The monoisotopic (exact) mass is 214 g/mol. The highest BCUT2D eigenvalue weighted by Crippen LogP contribution is 2.25. The van der Waals surface area contributed by atoms with Crippen LogP contribution in [-0.4, -0.2) is 24.4 Å². The molecule has 0 aliphatic heterocycles. The summed E-state index contributed by atoms with van der Waals surface area (Å²) in [5, 5.41) is 4.65. The van der Waals surface area contributed by atoms with Crippen molar-refractivity contribution in [2.45, 2.75) is 26.1 Å². The van der Waals surface area contributed by atoms with Crippen LogP contribution in [0, 0.1) is 5.92 Å². The quantitative estimate of drug-likeness (QED) is 0.684. The molecule has 0 aromatic heterocycles. The molecule has 0 radical (unpaired) electrons. The third-order valence-corrected chi connectivity index (χ3v) is 1.85. The first kappa shape index (κ1) is 12.5. The van der Waals surface area contributed by atoms with Gasteiger partial charge in [0.05, 0.1) is 0 Å². The smallest absolute Gasteiger partial charge is 0.366 e. The van der Waals surface area contributed by atoms with Gasteiger partial charge in [-0.25, -0.2) is 0 Å². The lowest BCUT2D eigenvalue weighted by molar-refractivity contribution is -0.161. The van der Waals surface area contributed by atoms with E-state index >= 15 is 0 Å². The predicted molar refractivity (Wildman–Crippen MR) is 49.5 cm³/mol. The molecule has 0 aliphatic carbocycles. The lowest BCUT2D eigenvalue weighted by Crippen LogP contribution is -2.51. The number of hydrogen-bond donors (Lipinski definition) is 2. The molecule has 1 atom stereocenters. The summed E-state index contributed by atoms with van der Waals surface area (Å²) in [5.74, 6) is -0.550. The number of nitrogens with one attached hydrogen (secondary N) is 2. The van der Waals surface area contributed by atoms with Crippen molar-refractivity contribution in [2.75, 3.05) is 7.05 Å². The molecular weight excluding hydrogens is 201 g/mol. The standard InChI is InChI=1S/C7H13F3N2S/c1-4(2)5(7(8,9)10)12-6(13)11-3/h4-5H,1-3H3,(H2,11,12,13)/t5-/m0/s1. The van der Waals surface area contributed by atoms with Crippen molar-refractivity contribution in [3.63, 3.8) is 0 Å². The van der Waals surface area contributed by atoms with Crippen LogP contribution >= 0.6 is 12.2 Å². The fraction of sp³-hybridized carbons (Fsp3) is 0.857. The van der Waals surface area contributed by atoms with E-state index in [-0.39, 0.29) is 5.11 Å². The second-order valence-corrected chi connectivity index (χ2v) is 3.40. The summed E-state index contributed by atoms with van der Waals surface area (Å²) in [6.45, 7) is 2.98. The molecule has 0 fully saturated rings. The molecule has 0 heterocycles. The summed E-state index contributed by atoms with van der Waals surface area (Å²) < 4.78 is 37.0. The Balaban J connectivity index is 4.36. The lowest BCUT2D eigenvalue weighted by atomic mass is 10.0. The molecule has 0 aromatic carbocycles. The number of hydrogen-bond acceptors (Lipinski definition) is 1. The zero-order valence-electron chi connectivity index (χ0n) is 7.70. The van der Waals surface area contributed by atoms with Crippen molar-refractivity contribution in [3.8, 4) is 0 Å². The topological polar surface area (TPSA) is 24.1 Å². The van der Waals surface area contributed by atoms with Crippen LogP contribution in [0.2, 0.25) is 0 Å². The molecule has 0 saturated carbocycles. The van der Waals surface area contributed by atoms with Gasteiger partial charge in [0.15, 0.2) is 5.11 Å². The van der Waals surface area contributed by atoms with Gasteiger partial charge in [-0.3, -0.25) is 0 Å². The zero-order chi connectivity index (χ0) is 10.6. The molecule has 0 saturated heterocycles. The average molecular weight is 214 g/mol. The van der Waals surface area contributed by atoms with Crippen molar-refractivity contribution in [2.24, 2.45) is 5.92 Å². The van der Waals surface area contributed by atoms with Crippen LogP contribution in [0.1, 0.15) is 13.8 Å². The molecule has 0 aromatic rings. The lowest BCUT2D eigenvalue weighted by Gasteiger charge is -2.25. The maximum atomic E-state index is 12.3. The molecule has 0 amide bonds. The van der Waals surface area contributed by atoms with Crippen LogP contribution in [0.25, 0.3) is 0 Å². The van der Waals surface area contributed by atoms with E-state index < -0.39 is 18.1 Å². The van der Waals surface area contributed by atoms with Gasteiger partial charge in [0.2, 0.25) is 0 Å². The summed E-state index contributed by atoms with van der Waals surface area (Å²) >= 11 is 4.60. The molecule has 0 spiro atoms. The van der Waals surface area contributed by atoms with Crippen molar-refractivity contribution < 1.29 is 13.2 Å². The fourth-order valence-corrected chi connectivity index (χ4v) is 0.967. The summed E-state index contributed by atoms with van der Waals surface area (Å²) in [7, 11) is 1.48. The van der Waals surface area contributed by atoms with Crippen molar-refractivity contribution in [1.29, 1.82) is 0 Å². The summed E-state index contributed by atoms with van der Waals surface area (Å²) in [6.07, 6.45) is -4.27. The van der Waals surface area contributed by atoms with E-state index in [0.29, 0.717) is 0 Å². The Morgan fingerprint density at radius 1 is 1.31 bits per heavy atom.